The molecule has 0 rings (SSSR count). The van der Waals surface area contributed by atoms with Gasteiger partial charge in [0.25, 0.3) is 0 Å². The summed E-state index contributed by atoms with van der Waals surface area (Å²) in [5.74, 6) is 0.397. The maximum atomic E-state index is 10.9. The molecule has 0 N–H and O–H groups in total. The van der Waals surface area contributed by atoms with E-state index in [1.807, 2.05) is 0 Å². The quantitative estimate of drug-likeness (QED) is 0.0254. The van der Waals surface area contributed by atoms with Crippen LogP contribution in [0.15, 0.2) is 0 Å². The summed E-state index contributed by atoms with van der Waals surface area (Å²) in [7, 11) is -9.17. The Morgan fingerprint density at radius 1 is 0.240 bits per heavy atom. The molecule has 0 bridgehead atoms. The molecule has 0 aliphatic heterocycles. The van der Waals surface area contributed by atoms with Crippen LogP contribution in [-0.4, -0.2) is 76.9 Å². The molecule has 0 amide bonds. The summed E-state index contributed by atoms with van der Waals surface area (Å²) >= 11 is 0. The number of rotatable bonds is 62. The molecule has 0 heterocycles. The van der Waals surface area contributed by atoms with E-state index in [-0.39, 0.29) is 62.8 Å². The molecule has 0 aromatic rings. The van der Waals surface area contributed by atoms with Gasteiger partial charge >= 0.3 is 37.7 Å². The molecule has 448 valence electrons. The average Bonchev–Trinajstić information content (AvgIpc) is 3.37. The molecule has 0 saturated heterocycles. The maximum absolute atomic E-state index is 10.9. The van der Waals surface area contributed by atoms with Crippen molar-refractivity contribution in [2.24, 2.45) is 11.8 Å². The Balaban J connectivity index is -0.00000136. The van der Waals surface area contributed by atoms with E-state index < -0.39 is 20.8 Å². The van der Waals surface area contributed by atoms with E-state index in [0.29, 0.717) is 0 Å². The van der Waals surface area contributed by atoms with Gasteiger partial charge in [-0.2, -0.15) is 0 Å². The van der Waals surface area contributed by atoms with Crippen LogP contribution < -0.4 is 0 Å². The van der Waals surface area contributed by atoms with Gasteiger partial charge in [0.15, 0.2) is 0 Å². The molecule has 2 unspecified atom stereocenters. The first-order chi connectivity index (χ1) is 36.0. The van der Waals surface area contributed by atoms with Crippen LogP contribution in [0, 0.1) is 11.8 Å². The second kappa shape index (κ2) is 65.8. The summed E-state index contributed by atoms with van der Waals surface area (Å²) in [5.41, 5.74) is 0. The van der Waals surface area contributed by atoms with Gasteiger partial charge in [-0.05, 0) is 37.5 Å². The molecule has 0 saturated carbocycles. The molecule has 0 aliphatic rings. The van der Waals surface area contributed by atoms with Crippen LogP contribution in [0.25, 0.3) is 0 Å². The third-order valence-corrected chi connectivity index (χ3v) is 16.6. The molecular formula is C64H130CaO8S2. The number of hydrogen-bond acceptors (Lipinski definition) is 8. The molecule has 8 nitrogen and oxygen atoms in total. The fourth-order valence-electron chi connectivity index (χ4n) is 10.8. The first-order valence-electron chi connectivity index (χ1n) is 33.2. The summed E-state index contributed by atoms with van der Waals surface area (Å²) in [6, 6.07) is 0. The molecule has 0 aromatic heterocycles. The minimum absolute atomic E-state index is 0. The normalized spacial score (nSPS) is 12.7. The van der Waals surface area contributed by atoms with E-state index in [0.717, 1.165) is 51.4 Å². The van der Waals surface area contributed by atoms with Crippen molar-refractivity contribution in [2.45, 2.75) is 387 Å². The van der Waals surface area contributed by atoms with E-state index in [1.165, 1.54) is 308 Å². The second-order valence-corrected chi connectivity index (χ2v) is 25.3. The van der Waals surface area contributed by atoms with Crippen LogP contribution in [0.4, 0.5) is 0 Å². The van der Waals surface area contributed by atoms with E-state index in [4.69, 9.17) is 0 Å². The predicted molar refractivity (Wildman–Crippen MR) is 325 cm³/mol. The van der Waals surface area contributed by atoms with Gasteiger partial charge in [0.2, 0.25) is 20.8 Å². The van der Waals surface area contributed by atoms with Crippen LogP contribution in [0.3, 0.4) is 0 Å². The van der Waals surface area contributed by atoms with Crippen molar-refractivity contribution in [1.82, 2.24) is 0 Å². The van der Waals surface area contributed by atoms with Crippen molar-refractivity contribution < 1.29 is 34.3 Å². The Labute approximate surface area is 501 Å². The van der Waals surface area contributed by atoms with Gasteiger partial charge in [0, 0.05) is 0 Å². The van der Waals surface area contributed by atoms with Crippen LogP contribution in [0.2, 0.25) is 0 Å². The predicted octanol–water partition coefficient (Wildman–Crippen LogP) is 21.7. The largest absolute Gasteiger partial charge is 2.00 e. The van der Waals surface area contributed by atoms with Gasteiger partial charge in [-0.1, -0.05) is 362 Å². The second-order valence-electron chi connectivity index (χ2n) is 23.2. The van der Waals surface area contributed by atoms with Gasteiger partial charge in [-0.15, -0.1) is 0 Å². The number of unbranched alkanes of at least 4 members (excludes halogenated alkanes) is 48. The van der Waals surface area contributed by atoms with Crippen LogP contribution in [0.5, 0.6) is 0 Å². The Bertz CT molecular complexity index is 1170. The zero-order chi connectivity index (χ0) is 54.6. The molecule has 0 aliphatic carbocycles. The minimum Gasteiger partial charge on any atom is -0.726 e. The Hall–Kier alpha value is 1.000. The zero-order valence-corrected chi connectivity index (χ0v) is 54.8. The molecule has 75 heavy (non-hydrogen) atoms. The molecule has 0 fully saturated rings. The van der Waals surface area contributed by atoms with Gasteiger partial charge in [0.1, 0.15) is 0 Å². The summed E-state index contributed by atoms with van der Waals surface area (Å²) in [6.45, 7) is 9.22. The zero-order valence-electron chi connectivity index (χ0n) is 51.0. The fraction of sp³-hybridized carbons (Fsp3) is 1.00. The average molecular weight is 1130 g/mol. The van der Waals surface area contributed by atoms with E-state index in [2.05, 4.69) is 36.1 Å². The molecule has 11 heteroatoms. The summed E-state index contributed by atoms with van der Waals surface area (Å²) < 4.78 is 74.9. The van der Waals surface area contributed by atoms with Crippen LogP contribution in [-0.2, 0) is 29.2 Å². The van der Waals surface area contributed by atoms with E-state index in [1.54, 1.807) is 0 Å². The Morgan fingerprint density at radius 2 is 0.360 bits per heavy atom. The first kappa shape index (κ1) is 80.2. The third kappa shape index (κ3) is 75.0. The maximum Gasteiger partial charge on any atom is 2.00 e. The first-order valence-corrected chi connectivity index (χ1v) is 35.9. The summed E-state index contributed by atoms with van der Waals surface area (Å²) in [5, 5.41) is 0. The monoisotopic (exact) mass is 1130 g/mol. The van der Waals surface area contributed by atoms with Gasteiger partial charge < -0.3 is 9.11 Å². The summed E-state index contributed by atoms with van der Waals surface area (Å²) in [4.78, 5) is 0. The van der Waals surface area contributed by atoms with Crippen LogP contribution >= 0.6 is 0 Å². The summed E-state index contributed by atoms with van der Waals surface area (Å²) in [6.07, 6.45) is 73.2. The van der Waals surface area contributed by atoms with Gasteiger partial charge in [-0.3, -0.25) is 8.37 Å². The Morgan fingerprint density at radius 3 is 0.480 bits per heavy atom. The van der Waals surface area contributed by atoms with E-state index in [9.17, 15) is 25.9 Å². The SMILES string of the molecule is CCCCCCCCCCCCCCCCC(CCCCCCCCCCCCCC)COS(=O)(=O)[O-].CCCCCCCCCCCCCCCCC(CCCCCCCCCCCCCC)COS(=O)(=O)[O-].[Ca+2]. The standard InChI is InChI=1S/2C32H66O4S.Ca/c2*1-3-5-7-9-11-13-15-17-18-20-22-24-26-28-30-32(31-36-37(33,34)35)29-27-25-23-21-19-16-14-12-10-8-6-4-2;/h2*32H,3-31H2,1-2H3,(H,33,34,35);/q;;+2/p-2. The topological polar surface area (TPSA) is 133 Å². The molecule has 0 aromatic carbocycles. The van der Waals surface area contributed by atoms with Crippen LogP contribution in [0.1, 0.15) is 387 Å². The number of hydrogen-bond donors (Lipinski definition) is 0. The van der Waals surface area contributed by atoms with Crippen molar-refractivity contribution in [3.8, 4) is 0 Å². The Kier molecular flexibility index (Phi) is 70.4. The van der Waals surface area contributed by atoms with Crippen molar-refractivity contribution >= 4 is 58.5 Å². The van der Waals surface area contributed by atoms with Gasteiger partial charge in [0.05, 0.1) is 13.2 Å². The molecular weight excluding hydrogens is 1000 g/mol. The van der Waals surface area contributed by atoms with Gasteiger partial charge in [-0.25, -0.2) is 16.8 Å². The van der Waals surface area contributed by atoms with Crippen molar-refractivity contribution in [1.29, 1.82) is 0 Å². The molecule has 0 spiro atoms. The fourth-order valence-corrected chi connectivity index (χ4v) is 11.5. The molecule has 0 radical (unpaired) electrons. The third-order valence-electron chi connectivity index (χ3n) is 15.8. The van der Waals surface area contributed by atoms with E-state index >= 15 is 0 Å². The van der Waals surface area contributed by atoms with Crippen molar-refractivity contribution in [3.63, 3.8) is 0 Å². The molecule has 2 atom stereocenters. The van der Waals surface area contributed by atoms with Crippen molar-refractivity contribution in [2.75, 3.05) is 13.2 Å². The van der Waals surface area contributed by atoms with Crippen molar-refractivity contribution in [3.05, 3.63) is 0 Å². The minimum atomic E-state index is -4.58. The smallest absolute Gasteiger partial charge is 0.726 e.